The van der Waals surface area contributed by atoms with Gasteiger partial charge >= 0.3 is 24.0 Å². The molecule has 0 aliphatic heterocycles. The second kappa shape index (κ2) is 9.18. The van der Waals surface area contributed by atoms with Crippen LogP contribution in [0.5, 0.6) is 0 Å². The van der Waals surface area contributed by atoms with Gasteiger partial charge in [0.15, 0.2) is 0 Å². The molecule has 0 aromatic carbocycles. The molecule has 0 saturated heterocycles. The van der Waals surface area contributed by atoms with Crippen molar-refractivity contribution >= 4 is 24.0 Å². The average Bonchev–Trinajstić information content (AvgIpc) is 2.47. The zero-order valence-electron chi connectivity index (χ0n) is 14.1. The molecule has 2 unspecified atom stereocenters. The third kappa shape index (κ3) is 6.93. The summed E-state index contributed by atoms with van der Waals surface area (Å²) in [4.78, 5) is 45.3. The van der Waals surface area contributed by atoms with E-state index in [2.05, 4.69) is 10.1 Å². The lowest BCUT2D eigenvalue weighted by Crippen LogP contribution is -2.57. The zero-order chi connectivity index (χ0) is 19.8. The van der Waals surface area contributed by atoms with E-state index in [0.29, 0.717) is 0 Å². The molecule has 0 fully saturated rings. The first kappa shape index (κ1) is 22.6. The van der Waals surface area contributed by atoms with Crippen molar-refractivity contribution in [1.82, 2.24) is 5.32 Å². The molecule has 0 aliphatic carbocycles. The van der Waals surface area contributed by atoms with E-state index in [1.165, 1.54) is 0 Å². The lowest BCUT2D eigenvalue weighted by molar-refractivity contribution is -0.181. The molecule has 0 aromatic heterocycles. The molecule has 25 heavy (non-hydrogen) atoms. The largest absolute Gasteiger partial charge is 0.481 e. The van der Waals surface area contributed by atoms with E-state index in [0.717, 1.165) is 0 Å². The van der Waals surface area contributed by atoms with Crippen molar-refractivity contribution < 1.29 is 49.1 Å². The first-order valence-corrected chi connectivity index (χ1v) is 7.25. The molecule has 2 atom stereocenters. The Bertz CT molecular complexity index is 512. The molecule has 0 spiro atoms. The summed E-state index contributed by atoms with van der Waals surface area (Å²) in [5.74, 6) is -4.13. The minimum atomic E-state index is -2.87. The van der Waals surface area contributed by atoms with Gasteiger partial charge in [-0.2, -0.15) is 0 Å². The van der Waals surface area contributed by atoms with Crippen molar-refractivity contribution in [1.29, 1.82) is 0 Å². The molecule has 0 aromatic rings. The van der Waals surface area contributed by atoms with E-state index in [1.807, 2.05) is 0 Å². The van der Waals surface area contributed by atoms with Crippen LogP contribution >= 0.6 is 0 Å². The number of aliphatic hydroxyl groups excluding tert-OH is 2. The van der Waals surface area contributed by atoms with Crippen LogP contribution in [0.15, 0.2) is 0 Å². The van der Waals surface area contributed by atoms with Crippen LogP contribution in [0.2, 0.25) is 0 Å². The Balaban J connectivity index is 4.80. The summed E-state index contributed by atoms with van der Waals surface area (Å²) in [6.45, 7) is 3.27. The Morgan fingerprint density at radius 3 is 2.08 bits per heavy atom. The van der Waals surface area contributed by atoms with Gasteiger partial charge in [0.05, 0.1) is 25.0 Å². The maximum atomic E-state index is 11.7. The van der Waals surface area contributed by atoms with Crippen LogP contribution in [0.3, 0.4) is 0 Å². The van der Waals surface area contributed by atoms with Crippen molar-refractivity contribution in [2.24, 2.45) is 5.41 Å². The number of carbonyl (C=O) groups excluding carboxylic acids is 2. The summed E-state index contributed by atoms with van der Waals surface area (Å²) in [7, 11) is 0. The minimum Gasteiger partial charge on any atom is -0.481 e. The molecule has 0 saturated carbocycles. The van der Waals surface area contributed by atoms with Gasteiger partial charge in [-0.25, -0.2) is 9.59 Å². The summed E-state index contributed by atoms with van der Waals surface area (Å²) in [6.07, 6.45) is -4.79. The van der Waals surface area contributed by atoms with Gasteiger partial charge in [-0.3, -0.25) is 9.59 Å². The Labute approximate surface area is 143 Å². The lowest BCUT2D eigenvalue weighted by Gasteiger charge is -2.31. The normalized spacial score (nSPS) is 14.8. The van der Waals surface area contributed by atoms with E-state index < -0.39 is 54.1 Å². The van der Waals surface area contributed by atoms with E-state index in [1.54, 1.807) is 20.8 Å². The highest BCUT2D eigenvalue weighted by molar-refractivity contribution is 5.87. The number of carbonyl (C=O) groups is 4. The number of aliphatic hydroxyl groups is 2. The maximum absolute atomic E-state index is 11.7. The molecule has 144 valence electrons. The average molecular weight is 365 g/mol. The van der Waals surface area contributed by atoms with Crippen molar-refractivity contribution in [3.8, 4) is 0 Å². The monoisotopic (exact) mass is 365 g/mol. The molecule has 11 heteroatoms. The van der Waals surface area contributed by atoms with Crippen LogP contribution in [0.4, 0.5) is 4.79 Å². The van der Waals surface area contributed by atoms with Crippen LogP contribution in [0, 0.1) is 5.41 Å². The number of alkyl carbamates (subject to hydrolysis) is 1. The second-order valence-corrected chi connectivity index (χ2v) is 6.17. The minimum absolute atomic E-state index is 0.229. The smallest absolute Gasteiger partial charge is 0.408 e. The lowest BCUT2D eigenvalue weighted by atomic mass is 9.93. The SMILES string of the molecule is CC(C)(C)C(=O)OCCNC(=O)OC(CC(=O)O)(C(=O)O)C(O)CO. The van der Waals surface area contributed by atoms with Gasteiger partial charge in [-0.05, 0) is 20.8 Å². The van der Waals surface area contributed by atoms with E-state index >= 15 is 0 Å². The highest BCUT2D eigenvalue weighted by atomic mass is 16.6. The second-order valence-electron chi connectivity index (χ2n) is 6.17. The highest BCUT2D eigenvalue weighted by Crippen LogP contribution is 2.22. The number of amides is 1. The van der Waals surface area contributed by atoms with Gasteiger partial charge in [0.1, 0.15) is 12.7 Å². The van der Waals surface area contributed by atoms with E-state index in [9.17, 15) is 24.3 Å². The summed E-state index contributed by atoms with van der Waals surface area (Å²) < 4.78 is 9.42. The summed E-state index contributed by atoms with van der Waals surface area (Å²) >= 11 is 0. The number of carboxylic acid groups (broad SMARTS) is 2. The van der Waals surface area contributed by atoms with Crippen molar-refractivity contribution in [3.05, 3.63) is 0 Å². The Morgan fingerprint density at radius 1 is 1.12 bits per heavy atom. The quantitative estimate of drug-likeness (QED) is 0.250. The Kier molecular flexibility index (Phi) is 8.30. The van der Waals surface area contributed by atoms with Crippen LogP contribution in [0.25, 0.3) is 0 Å². The van der Waals surface area contributed by atoms with Crippen molar-refractivity contribution in [2.45, 2.75) is 38.9 Å². The Morgan fingerprint density at radius 2 is 1.68 bits per heavy atom. The Hall–Kier alpha value is -2.40. The zero-order valence-corrected chi connectivity index (χ0v) is 14.1. The number of aliphatic carboxylic acids is 2. The molecular formula is C14H23NO10. The fraction of sp³-hybridized carbons (Fsp3) is 0.714. The topological polar surface area (TPSA) is 180 Å². The first-order chi connectivity index (χ1) is 11.4. The van der Waals surface area contributed by atoms with Gasteiger partial charge in [0, 0.05) is 0 Å². The number of carboxylic acids is 2. The van der Waals surface area contributed by atoms with Gasteiger partial charge in [-0.1, -0.05) is 0 Å². The number of hydrogen-bond donors (Lipinski definition) is 5. The number of nitrogens with one attached hydrogen (secondary N) is 1. The molecule has 0 rings (SSSR count). The predicted molar refractivity (Wildman–Crippen MR) is 80.6 cm³/mol. The van der Waals surface area contributed by atoms with E-state index in [4.69, 9.17) is 20.1 Å². The summed E-state index contributed by atoms with van der Waals surface area (Å²) in [6, 6.07) is 0. The van der Waals surface area contributed by atoms with Gasteiger partial charge in [0.25, 0.3) is 0 Å². The van der Waals surface area contributed by atoms with Gasteiger partial charge in [-0.15, -0.1) is 0 Å². The standard InChI is InChI=1S/C14H23NO10/c1-13(2,3)11(22)24-5-4-15-12(23)25-14(10(20)21,6-9(18)19)8(17)7-16/h8,16-17H,4-7H2,1-3H3,(H,15,23)(H,18,19)(H,20,21). The molecular weight excluding hydrogens is 342 g/mol. The predicted octanol–water partition coefficient (Wildman–Crippen LogP) is -1.05. The van der Waals surface area contributed by atoms with Crippen molar-refractivity contribution in [2.75, 3.05) is 19.8 Å². The highest BCUT2D eigenvalue weighted by Gasteiger charge is 2.51. The number of hydrogen-bond acceptors (Lipinski definition) is 8. The molecule has 0 radical (unpaired) electrons. The van der Waals surface area contributed by atoms with Crippen LogP contribution in [-0.2, 0) is 23.9 Å². The van der Waals surface area contributed by atoms with Gasteiger partial charge < -0.3 is 35.2 Å². The molecule has 0 bridgehead atoms. The molecule has 11 nitrogen and oxygen atoms in total. The molecule has 1 amide bonds. The summed E-state index contributed by atoms with van der Waals surface area (Å²) in [5, 5.41) is 38.5. The fourth-order valence-electron chi connectivity index (χ4n) is 1.57. The summed E-state index contributed by atoms with van der Waals surface area (Å²) in [5.41, 5.74) is -3.61. The third-order valence-corrected chi connectivity index (χ3v) is 2.98. The number of rotatable bonds is 9. The van der Waals surface area contributed by atoms with E-state index in [-0.39, 0.29) is 13.2 Å². The molecule has 5 N–H and O–H groups in total. The molecule has 0 aliphatic rings. The molecule has 0 heterocycles. The number of esters is 1. The fourth-order valence-corrected chi connectivity index (χ4v) is 1.57. The van der Waals surface area contributed by atoms with Crippen LogP contribution < -0.4 is 5.32 Å². The van der Waals surface area contributed by atoms with Crippen molar-refractivity contribution in [3.63, 3.8) is 0 Å². The third-order valence-electron chi connectivity index (χ3n) is 2.98. The first-order valence-electron chi connectivity index (χ1n) is 7.25. The van der Waals surface area contributed by atoms with Crippen LogP contribution in [0.1, 0.15) is 27.2 Å². The maximum Gasteiger partial charge on any atom is 0.408 e. The number of ether oxygens (including phenoxy) is 2. The van der Waals surface area contributed by atoms with Gasteiger partial charge in [0.2, 0.25) is 5.60 Å². The van der Waals surface area contributed by atoms with Crippen LogP contribution in [-0.4, -0.2) is 75.9 Å².